The topological polar surface area (TPSA) is 21.3 Å². The molecule has 1 unspecified atom stereocenters. The van der Waals surface area contributed by atoms with Crippen molar-refractivity contribution in [2.45, 2.75) is 57.9 Å². The van der Waals surface area contributed by atoms with Crippen LogP contribution < -0.4 is 5.32 Å². The molecule has 2 saturated carbocycles. The summed E-state index contributed by atoms with van der Waals surface area (Å²) in [5.41, 5.74) is 0. The van der Waals surface area contributed by atoms with Crippen molar-refractivity contribution in [3.8, 4) is 0 Å². The average molecular weight is 225 g/mol. The van der Waals surface area contributed by atoms with Gasteiger partial charge >= 0.3 is 0 Å². The third kappa shape index (κ3) is 4.42. The SMILES string of the molecule is CC(NCCOCC1CCCCC1)C1CC1. The summed E-state index contributed by atoms with van der Waals surface area (Å²) in [6.07, 6.45) is 9.93. The van der Waals surface area contributed by atoms with Crippen LogP contribution in [0.25, 0.3) is 0 Å². The molecule has 94 valence electrons. The lowest BCUT2D eigenvalue weighted by Gasteiger charge is -2.21. The first-order valence-electron chi connectivity index (χ1n) is 7.17. The van der Waals surface area contributed by atoms with E-state index in [2.05, 4.69) is 12.2 Å². The maximum Gasteiger partial charge on any atom is 0.0591 e. The highest BCUT2D eigenvalue weighted by atomic mass is 16.5. The lowest BCUT2D eigenvalue weighted by molar-refractivity contribution is 0.0855. The molecule has 1 atom stereocenters. The van der Waals surface area contributed by atoms with Gasteiger partial charge in [-0.05, 0) is 44.4 Å². The van der Waals surface area contributed by atoms with Gasteiger partial charge in [-0.3, -0.25) is 0 Å². The number of rotatable bonds is 7. The van der Waals surface area contributed by atoms with E-state index >= 15 is 0 Å². The van der Waals surface area contributed by atoms with Crippen molar-refractivity contribution >= 4 is 0 Å². The number of hydrogen-bond donors (Lipinski definition) is 1. The van der Waals surface area contributed by atoms with E-state index in [-0.39, 0.29) is 0 Å². The molecule has 0 aromatic carbocycles. The Hall–Kier alpha value is -0.0800. The monoisotopic (exact) mass is 225 g/mol. The molecule has 0 aliphatic heterocycles. The van der Waals surface area contributed by atoms with Crippen molar-refractivity contribution < 1.29 is 4.74 Å². The highest BCUT2D eigenvalue weighted by Crippen LogP contribution is 2.32. The molecule has 0 aromatic rings. The fourth-order valence-corrected chi connectivity index (χ4v) is 2.73. The summed E-state index contributed by atoms with van der Waals surface area (Å²) in [5, 5.41) is 3.56. The van der Waals surface area contributed by atoms with Crippen molar-refractivity contribution in [3.63, 3.8) is 0 Å². The van der Waals surface area contributed by atoms with Gasteiger partial charge in [-0.1, -0.05) is 19.3 Å². The van der Waals surface area contributed by atoms with Gasteiger partial charge in [0.05, 0.1) is 6.61 Å². The first kappa shape index (κ1) is 12.4. The van der Waals surface area contributed by atoms with Gasteiger partial charge < -0.3 is 10.1 Å². The quantitative estimate of drug-likeness (QED) is 0.673. The van der Waals surface area contributed by atoms with Gasteiger partial charge in [0, 0.05) is 19.2 Å². The van der Waals surface area contributed by atoms with E-state index in [0.717, 1.165) is 31.6 Å². The summed E-state index contributed by atoms with van der Waals surface area (Å²) in [4.78, 5) is 0. The zero-order valence-electron chi connectivity index (χ0n) is 10.7. The third-order valence-electron chi connectivity index (χ3n) is 4.12. The molecule has 2 aliphatic rings. The predicted octanol–water partition coefficient (Wildman–Crippen LogP) is 2.97. The maximum atomic E-state index is 5.76. The Kier molecular flexibility index (Phi) is 5.11. The molecule has 0 amide bonds. The Morgan fingerprint density at radius 1 is 1.12 bits per heavy atom. The van der Waals surface area contributed by atoms with Gasteiger partial charge in [-0.15, -0.1) is 0 Å². The Morgan fingerprint density at radius 3 is 2.56 bits per heavy atom. The summed E-state index contributed by atoms with van der Waals surface area (Å²) in [7, 11) is 0. The average Bonchev–Trinajstić information content (AvgIpc) is 3.13. The second-order valence-electron chi connectivity index (χ2n) is 5.66. The first-order chi connectivity index (χ1) is 7.86. The maximum absolute atomic E-state index is 5.76. The Bertz CT molecular complexity index is 185. The molecule has 0 heterocycles. The highest BCUT2D eigenvalue weighted by molar-refractivity contribution is 4.82. The van der Waals surface area contributed by atoms with Gasteiger partial charge in [0.1, 0.15) is 0 Å². The molecule has 2 aliphatic carbocycles. The number of hydrogen-bond acceptors (Lipinski definition) is 2. The van der Waals surface area contributed by atoms with Crippen LogP contribution in [-0.4, -0.2) is 25.8 Å². The van der Waals surface area contributed by atoms with Crippen LogP contribution >= 0.6 is 0 Å². The van der Waals surface area contributed by atoms with Gasteiger partial charge in [0.15, 0.2) is 0 Å². The van der Waals surface area contributed by atoms with Crippen LogP contribution in [0.3, 0.4) is 0 Å². The van der Waals surface area contributed by atoms with Crippen LogP contribution in [-0.2, 0) is 4.74 Å². The van der Waals surface area contributed by atoms with Crippen LogP contribution in [0.5, 0.6) is 0 Å². The summed E-state index contributed by atoms with van der Waals surface area (Å²) in [6, 6.07) is 0.707. The van der Waals surface area contributed by atoms with Gasteiger partial charge in [-0.25, -0.2) is 0 Å². The molecule has 0 bridgehead atoms. The summed E-state index contributed by atoms with van der Waals surface area (Å²) < 4.78 is 5.76. The second-order valence-corrected chi connectivity index (χ2v) is 5.66. The fourth-order valence-electron chi connectivity index (χ4n) is 2.73. The zero-order valence-corrected chi connectivity index (χ0v) is 10.7. The summed E-state index contributed by atoms with van der Waals surface area (Å²) >= 11 is 0. The molecule has 0 saturated heterocycles. The molecule has 2 fully saturated rings. The van der Waals surface area contributed by atoms with Crippen LogP contribution in [0, 0.1) is 11.8 Å². The third-order valence-corrected chi connectivity index (χ3v) is 4.12. The lowest BCUT2D eigenvalue weighted by Crippen LogP contribution is -2.31. The van der Waals surface area contributed by atoms with E-state index in [9.17, 15) is 0 Å². The van der Waals surface area contributed by atoms with E-state index < -0.39 is 0 Å². The second kappa shape index (κ2) is 6.61. The zero-order chi connectivity index (χ0) is 11.2. The lowest BCUT2D eigenvalue weighted by atomic mass is 9.90. The highest BCUT2D eigenvalue weighted by Gasteiger charge is 2.27. The largest absolute Gasteiger partial charge is 0.380 e. The Morgan fingerprint density at radius 2 is 1.88 bits per heavy atom. The normalized spacial score (nSPS) is 24.6. The van der Waals surface area contributed by atoms with Gasteiger partial charge in [0.25, 0.3) is 0 Å². The van der Waals surface area contributed by atoms with Crippen LogP contribution in [0.1, 0.15) is 51.9 Å². The smallest absolute Gasteiger partial charge is 0.0591 e. The molecule has 16 heavy (non-hydrogen) atoms. The first-order valence-corrected chi connectivity index (χ1v) is 7.17. The van der Waals surface area contributed by atoms with Crippen LogP contribution in [0.15, 0.2) is 0 Å². The van der Waals surface area contributed by atoms with E-state index in [1.807, 2.05) is 0 Å². The minimum atomic E-state index is 0.707. The van der Waals surface area contributed by atoms with Crippen molar-refractivity contribution in [2.75, 3.05) is 19.8 Å². The van der Waals surface area contributed by atoms with Crippen LogP contribution in [0.4, 0.5) is 0 Å². The molecule has 2 heteroatoms. The molecule has 0 aromatic heterocycles. The minimum Gasteiger partial charge on any atom is -0.380 e. The molecule has 0 radical (unpaired) electrons. The van der Waals surface area contributed by atoms with Crippen molar-refractivity contribution in [2.24, 2.45) is 11.8 Å². The minimum absolute atomic E-state index is 0.707. The van der Waals surface area contributed by atoms with E-state index in [1.165, 1.54) is 44.9 Å². The summed E-state index contributed by atoms with van der Waals surface area (Å²) in [5.74, 6) is 1.81. The van der Waals surface area contributed by atoms with Crippen molar-refractivity contribution in [1.82, 2.24) is 5.32 Å². The van der Waals surface area contributed by atoms with Crippen molar-refractivity contribution in [3.05, 3.63) is 0 Å². The van der Waals surface area contributed by atoms with Gasteiger partial charge in [-0.2, -0.15) is 0 Å². The Balaban J connectivity index is 1.42. The van der Waals surface area contributed by atoms with E-state index in [0.29, 0.717) is 6.04 Å². The fraction of sp³-hybridized carbons (Fsp3) is 1.00. The van der Waals surface area contributed by atoms with E-state index in [1.54, 1.807) is 0 Å². The predicted molar refractivity (Wildman–Crippen MR) is 67.6 cm³/mol. The molecule has 2 nitrogen and oxygen atoms in total. The summed E-state index contributed by atoms with van der Waals surface area (Å²) in [6.45, 7) is 5.23. The Labute approximate surface area is 100 Å². The number of nitrogens with one attached hydrogen (secondary N) is 1. The number of ether oxygens (including phenoxy) is 1. The standard InChI is InChI=1S/C14H27NO/c1-12(14-7-8-14)15-9-10-16-11-13-5-3-2-4-6-13/h12-15H,2-11H2,1H3. The van der Waals surface area contributed by atoms with Gasteiger partial charge in [0.2, 0.25) is 0 Å². The molecule has 1 N–H and O–H groups in total. The molecule has 2 rings (SSSR count). The van der Waals surface area contributed by atoms with Crippen LogP contribution in [0.2, 0.25) is 0 Å². The van der Waals surface area contributed by atoms with Crippen molar-refractivity contribution in [1.29, 1.82) is 0 Å². The molecular weight excluding hydrogens is 198 g/mol. The molecule has 0 spiro atoms. The van der Waals surface area contributed by atoms with E-state index in [4.69, 9.17) is 4.74 Å². The molecular formula is C14H27NO.